The van der Waals surface area contributed by atoms with Gasteiger partial charge >= 0.3 is 0 Å². The molecular formula is C12H18N6O. The molecule has 7 nitrogen and oxygen atoms in total. The summed E-state index contributed by atoms with van der Waals surface area (Å²) in [5, 5.41) is 13.5. The molecule has 0 radical (unpaired) electrons. The lowest BCUT2D eigenvalue weighted by Gasteiger charge is -2.12. The van der Waals surface area contributed by atoms with Crippen molar-refractivity contribution in [1.29, 1.82) is 0 Å². The SMILES string of the molecule is CC(C)(C)c1nc(C(=O)NCCn2cccn2)n[nH]1. The molecule has 0 spiro atoms. The number of H-pyrrole nitrogens is 1. The van der Waals surface area contributed by atoms with E-state index in [-0.39, 0.29) is 17.1 Å². The van der Waals surface area contributed by atoms with Crippen molar-refractivity contribution in [2.45, 2.75) is 32.7 Å². The van der Waals surface area contributed by atoms with Crippen LogP contribution < -0.4 is 5.32 Å². The highest BCUT2D eigenvalue weighted by molar-refractivity contribution is 5.90. The van der Waals surface area contributed by atoms with Crippen LogP contribution in [0.25, 0.3) is 0 Å². The van der Waals surface area contributed by atoms with Crippen molar-refractivity contribution in [3.8, 4) is 0 Å². The maximum Gasteiger partial charge on any atom is 0.291 e. The Hall–Kier alpha value is -2.18. The highest BCUT2D eigenvalue weighted by Crippen LogP contribution is 2.17. The Balaban J connectivity index is 1.88. The molecular weight excluding hydrogens is 244 g/mol. The summed E-state index contributed by atoms with van der Waals surface area (Å²) in [6.45, 7) is 7.13. The molecule has 0 atom stereocenters. The lowest BCUT2D eigenvalue weighted by atomic mass is 9.96. The molecule has 0 saturated heterocycles. The van der Waals surface area contributed by atoms with Crippen molar-refractivity contribution >= 4 is 5.91 Å². The number of hydrogen-bond donors (Lipinski definition) is 2. The van der Waals surface area contributed by atoms with Gasteiger partial charge in [-0.2, -0.15) is 5.10 Å². The van der Waals surface area contributed by atoms with Crippen LogP contribution in [0.4, 0.5) is 0 Å². The Labute approximate surface area is 111 Å². The molecule has 2 aromatic rings. The number of carbonyl (C=O) groups is 1. The number of amides is 1. The third kappa shape index (κ3) is 3.40. The summed E-state index contributed by atoms with van der Waals surface area (Å²) in [5.74, 6) is 0.592. The monoisotopic (exact) mass is 262 g/mol. The molecule has 0 fully saturated rings. The van der Waals surface area contributed by atoms with E-state index in [1.54, 1.807) is 10.9 Å². The van der Waals surface area contributed by atoms with E-state index in [2.05, 4.69) is 25.6 Å². The second-order valence-electron chi connectivity index (χ2n) is 5.28. The number of hydrogen-bond acceptors (Lipinski definition) is 4. The standard InChI is InChI=1S/C12H18N6O/c1-12(2,3)11-15-9(16-17-11)10(19)13-6-8-18-7-4-5-14-18/h4-5,7H,6,8H2,1-3H3,(H,13,19)(H,15,16,17). The van der Waals surface area contributed by atoms with E-state index in [0.717, 1.165) is 0 Å². The number of nitrogens with one attached hydrogen (secondary N) is 2. The van der Waals surface area contributed by atoms with E-state index in [1.807, 2.05) is 33.0 Å². The molecule has 1 amide bonds. The minimum absolute atomic E-state index is 0.152. The predicted octanol–water partition coefficient (Wildman–Crippen LogP) is 0.729. The molecule has 2 N–H and O–H groups in total. The quantitative estimate of drug-likeness (QED) is 0.850. The first-order chi connectivity index (χ1) is 8.97. The van der Waals surface area contributed by atoms with Gasteiger partial charge in [-0.25, -0.2) is 4.98 Å². The zero-order chi connectivity index (χ0) is 13.9. The lowest BCUT2D eigenvalue weighted by molar-refractivity contribution is 0.0942. The third-order valence-corrected chi connectivity index (χ3v) is 2.58. The molecule has 0 aliphatic heterocycles. The van der Waals surface area contributed by atoms with Crippen molar-refractivity contribution in [1.82, 2.24) is 30.3 Å². The minimum atomic E-state index is -0.279. The lowest BCUT2D eigenvalue weighted by Crippen LogP contribution is -2.28. The average Bonchev–Trinajstić information content (AvgIpc) is 2.99. The van der Waals surface area contributed by atoms with Gasteiger partial charge in [0.1, 0.15) is 5.82 Å². The van der Waals surface area contributed by atoms with Crippen molar-refractivity contribution in [3.05, 3.63) is 30.1 Å². The predicted molar refractivity (Wildman–Crippen MR) is 69.6 cm³/mol. The Morgan fingerprint density at radius 2 is 2.26 bits per heavy atom. The van der Waals surface area contributed by atoms with Gasteiger partial charge in [0, 0.05) is 24.4 Å². The third-order valence-electron chi connectivity index (χ3n) is 2.58. The van der Waals surface area contributed by atoms with Gasteiger partial charge in [0.15, 0.2) is 0 Å². The summed E-state index contributed by atoms with van der Waals surface area (Å²) < 4.78 is 1.75. The first-order valence-electron chi connectivity index (χ1n) is 6.15. The Bertz CT molecular complexity index is 537. The van der Waals surface area contributed by atoms with Crippen LogP contribution in [0.3, 0.4) is 0 Å². The number of aromatic amines is 1. The second kappa shape index (κ2) is 5.21. The fraction of sp³-hybridized carbons (Fsp3) is 0.500. The van der Waals surface area contributed by atoms with E-state index in [0.29, 0.717) is 18.9 Å². The van der Waals surface area contributed by atoms with Gasteiger partial charge in [0.2, 0.25) is 5.82 Å². The molecule has 0 aromatic carbocycles. The zero-order valence-electron chi connectivity index (χ0n) is 11.3. The van der Waals surface area contributed by atoms with E-state index in [4.69, 9.17) is 0 Å². The number of nitrogens with zero attached hydrogens (tertiary/aromatic N) is 4. The minimum Gasteiger partial charge on any atom is -0.347 e. The first kappa shape index (κ1) is 13.3. The summed E-state index contributed by atoms with van der Waals surface area (Å²) in [5.41, 5.74) is -0.152. The molecule has 0 aliphatic carbocycles. The number of rotatable bonds is 4. The zero-order valence-corrected chi connectivity index (χ0v) is 11.3. The molecule has 0 aliphatic rings. The summed E-state index contributed by atoms with van der Waals surface area (Å²) in [7, 11) is 0. The van der Waals surface area contributed by atoms with Crippen LogP contribution in [0.15, 0.2) is 18.5 Å². The van der Waals surface area contributed by atoms with Crippen LogP contribution in [-0.4, -0.2) is 37.4 Å². The topological polar surface area (TPSA) is 88.5 Å². The van der Waals surface area contributed by atoms with Gasteiger partial charge in [0.25, 0.3) is 5.91 Å². The second-order valence-corrected chi connectivity index (χ2v) is 5.28. The summed E-state index contributed by atoms with van der Waals surface area (Å²) in [4.78, 5) is 16.0. The Morgan fingerprint density at radius 3 is 2.84 bits per heavy atom. The van der Waals surface area contributed by atoms with E-state index >= 15 is 0 Å². The molecule has 102 valence electrons. The van der Waals surface area contributed by atoms with Gasteiger partial charge < -0.3 is 5.32 Å². The fourth-order valence-corrected chi connectivity index (χ4v) is 1.49. The highest BCUT2D eigenvalue weighted by Gasteiger charge is 2.20. The van der Waals surface area contributed by atoms with Gasteiger partial charge in [0.05, 0.1) is 6.54 Å². The summed E-state index contributed by atoms with van der Waals surface area (Å²) in [6.07, 6.45) is 3.54. The van der Waals surface area contributed by atoms with E-state index in [9.17, 15) is 4.79 Å². The number of aromatic nitrogens is 5. The van der Waals surface area contributed by atoms with Crippen molar-refractivity contribution in [2.75, 3.05) is 6.54 Å². The van der Waals surface area contributed by atoms with Crippen molar-refractivity contribution < 1.29 is 4.79 Å². The summed E-state index contributed by atoms with van der Waals surface area (Å²) >= 11 is 0. The van der Waals surface area contributed by atoms with Crippen LogP contribution in [0.5, 0.6) is 0 Å². The molecule has 2 heterocycles. The summed E-state index contributed by atoms with van der Waals surface area (Å²) in [6, 6.07) is 1.84. The number of carbonyl (C=O) groups excluding carboxylic acids is 1. The molecule has 0 unspecified atom stereocenters. The van der Waals surface area contributed by atoms with Crippen LogP contribution in [-0.2, 0) is 12.0 Å². The van der Waals surface area contributed by atoms with Gasteiger partial charge in [-0.15, -0.1) is 5.10 Å². The average molecular weight is 262 g/mol. The molecule has 2 aromatic heterocycles. The molecule has 0 bridgehead atoms. The Morgan fingerprint density at radius 1 is 1.47 bits per heavy atom. The van der Waals surface area contributed by atoms with Crippen LogP contribution >= 0.6 is 0 Å². The highest BCUT2D eigenvalue weighted by atomic mass is 16.2. The fourth-order valence-electron chi connectivity index (χ4n) is 1.49. The molecule has 0 saturated carbocycles. The maximum atomic E-state index is 11.8. The van der Waals surface area contributed by atoms with E-state index in [1.165, 1.54) is 0 Å². The van der Waals surface area contributed by atoms with Gasteiger partial charge in [-0.3, -0.25) is 14.6 Å². The molecule has 2 rings (SSSR count). The molecule has 19 heavy (non-hydrogen) atoms. The first-order valence-corrected chi connectivity index (χ1v) is 6.15. The largest absolute Gasteiger partial charge is 0.347 e. The van der Waals surface area contributed by atoms with Crippen LogP contribution in [0, 0.1) is 0 Å². The normalized spacial score (nSPS) is 11.5. The van der Waals surface area contributed by atoms with E-state index < -0.39 is 0 Å². The molecule has 7 heteroatoms. The van der Waals surface area contributed by atoms with Crippen LogP contribution in [0.1, 0.15) is 37.2 Å². The van der Waals surface area contributed by atoms with Gasteiger partial charge in [-0.1, -0.05) is 20.8 Å². The smallest absolute Gasteiger partial charge is 0.291 e. The van der Waals surface area contributed by atoms with Crippen LogP contribution in [0.2, 0.25) is 0 Å². The van der Waals surface area contributed by atoms with Crippen molar-refractivity contribution in [2.24, 2.45) is 0 Å². The van der Waals surface area contributed by atoms with Gasteiger partial charge in [-0.05, 0) is 6.07 Å². The maximum absolute atomic E-state index is 11.8. The Kier molecular flexibility index (Phi) is 3.64. The van der Waals surface area contributed by atoms with Crippen molar-refractivity contribution in [3.63, 3.8) is 0 Å².